The molecule has 3 rings (SSSR count). The molecule has 0 saturated carbocycles. The highest BCUT2D eigenvalue weighted by Crippen LogP contribution is 2.25. The molecule has 0 heterocycles. The van der Waals surface area contributed by atoms with Gasteiger partial charge in [0.05, 0.1) is 7.11 Å². The first-order valence-corrected chi connectivity index (χ1v) is 11.3. The normalized spacial score (nSPS) is 11.3. The van der Waals surface area contributed by atoms with Crippen molar-refractivity contribution in [2.75, 3.05) is 17.7 Å². The Kier molecular flexibility index (Phi) is 7.71. The summed E-state index contributed by atoms with van der Waals surface area (Å²) in [4.78, 5) is 24.8. The minimum absolute atomic E-state index is 0.0362. The summed E-state index contributed by atoms with van der Waals surface area (Å²) in [5.41, 5.74) is 3.86. The largest absolute Gasteiger partial charge is 0.496 e. The van der Waals surface area contributed by atoms with Gasteiger partial charge in [-0.1, -0.05) is 48.8 Å². The van der Waals surface area contributed by atoms with Crippen molar-refractivity contribution in [1.82, 2.24) is 0 Å². The number of carbonyl (C=O) groups is 2. The predicted octanol–water partition coefficient (Wildman–Crippen LogP) is 6.66. The third-order valence-corrected chi connectivity index (χ3v) is 5.52. The molecule has 0 fully saturated rings. The van der Waals surface area contributed by atoms with E-state index in [1.165, 1.54) is 11.6 Å². The molecule has 0 spiro atoms. The van der Waals surface area contributed by atoms with Gasteiger partial charge in [0.25, 0.3) is 5.91 Å². The standard InChI is InChI=1S/C27H27BrN2O3/c1-27(2,3)20-8-5-18(6-9-20)26(32)30-23-13-11-22(12-14-23)29-25(31)16-7-19-17-21(28)10-15-24(19)33-4/h5-17H,1-4H3,(H,29,31)(H,30,32). The van der Waals surface area contributed by atoms with E-state index in [-0.39, 0.29) is 17.2 Å². The van der Waals surface area contributed by atoms with E-state index in [9.17, 15) is 9.59 Å². The fraction of sp³-hybridized carbons (Fsp3) is 0.185. The van der Waals surface area contributed by atoms with Crippen molar-refractivity contribution in [3.63, 3.8) is 0 Å². The van der Waals surface area contributed by atoms with Crippen molar-refractivity contribution in [2.24, 2.45) is 0 Å². The summed E-state index contributed by atoms with van der Waals surface area (Å²) < 4.78 is 6.20. The molecule has 2 N–H and O–H groups in total. The van der Waals surface area contributed by atoms with Gasteiger partial charge < -0.3 is 15.4 Å². The second-order valence-corrected chi connectivity index (χ2v) is 9.48. The Hall–Kier alpha value is -3.38. The average Bonchev–Trinajstić information content (AvgIpc) is 2.78. The van der Waals surface area contributed by atoms with Crippen LogP contribution in [0.15, 0.2) is 77.3 Å². The monoisotopic (exact) mass is 506 g/mol. The number of carbonyl (C=O) groups excluding carboxylic acids is 2. The number of amides is 2. The molecule has 2 amide bonds. The molecule has 0 bridgehead atoms. The van der Waals surface area contributed by atoms with Gasteiger partial charge in [0.15, 0.2) is 0 Å². The molecule has 170 valence electrons. The highest BCUT2D eigenvalue weighted by atomic mass is 79.9. The number of anilines is 2. The number of halogens is 1. The van der Waals surface area contributed by atoms with Crippen LogP contribution in [0.3, 0.4) is 0 Å². The number of hydrogen-bond acceptors (Lipinski definition) is 3. The average molecular weight is 507 g/mol. The summed E-state index contributed by atoms with van der Waals surface area (Å²) in [6, 6.07) is 20.2. The van der Waals surface area contributed by atoms with Gasteiger partial charge in [0.1, 0.15) is 5.75 Å². The number of ether oxygens (including phenoxy) is 1. The molecule has 6 heteroatoms. The molecule has 3 aromatic rings. The number of rotatable bonds is 6. The lowest BCUT2D eigenvalue weighted by molar-refractivity contribution is -0.111. The van der Waals surface area contributed by atoms with Crippen LogP contribution >= 0.6 is 15.9 Å². The van der Waals surface area contributed by atoms with Gasteiger partial charge in [-0.3, -0.25) is 9.59 Å². The summed E-state index contributed by atoms with van der Waals surface area (Å²) >= 11 is 3.42. The lowest BCUT2D eigenvalue weighted by atomic mass is 9.87. The fourth-order valence-corrected chi connectivity index (χ4v) is 3.53. The first-order valence-electron chi connectivity index (χ1n) is 10.5. The van der Waals surface area contributed by atoms with Gasteiger partial charge in [-0.05, 0) is 71.7 Å². The summed E-state index contributed by atoms with van der Waals surface area (Å²) in [5, 5.41) is 5.68. The van der Waals surface area contributed by atoms with E-state index < -0.39 is 0 Å². The lowest BCUT2D eigenvalue weighted by Crippen LogP contribution is -2.14. The van der Waals surface area contributed by atoms with Crippen molar-refractivity contribution in [2.45, 2.75) is 26.2 Å². The number of benzene rings is 3. The van der Waals surface area contributed by atoms with E-state index in [1.54, 1.807) is 37.5 Å². The number of methoxy groups -OCH3 is 1. The molecule has 0 atom stereocenters. The van der Waals surface area contributed by atoms with Gasteiger partial charge in [-0.25, -0.2) is 0 Å². The Labute approximate surface area is 203 Å². The van der Waals surface area contributed by atoms with E-state index in [2.05, 4.69) is 47.3 Å². The highest BCUT2D eigenvalue weighted by Gasteiger charge is 2.14. The molecule has 0 aliphatic heterocycles. The smallest absolute Gasteiger partial charge is 0.255 e. The van der Waals surface area contributed by atoms with E-state index >= 15 is 0 Å². The summed E-state index contributed by atoms with van der Waals surface area (Å²) in [5.74, 6) is 0.223. The van der Waals surface area contributed by atoms with Crippen LogP contribution in [0.1, 0.15) is 42.3 Å². The zero-order chi connectivity index (χ0) is 24.0. The van der Waals surface area contributed by atoms with Crippen LogP contribution in [0.4, 0.5) is 11.4 Å². The molecule has 0 radical (unpaired) electrons. The van der Waals surface area contributed by atoms with Crippen molar-refractivity contribution < 1.29 is 14.3 Å². The van der Waals surface area contributed by atoms with Gasteiger partial charge in [0, 0.05) is 33.1 Å². The molecule has 0 aromatic heterocycles. The van der Waals surface area contributed by atoms with E-state index in [1.807, 2.05) is 42.5 Å². The second-order valence-electron chi connectivity index (χ2n) is 8.57. The van der Waals surface area contributed by atoms with E-state index in [4.69, 9.17) is 4.74 Å². The highest BCUT2D eigenvalue weighted by molar-refractivity contribution is 9.10. The third-order valence-electron chi connectivity index (χ3n) is 5.03. The van der Waals surface area contributed by atoms with Crippen LogP contribution in [0, 0.1) is 0 Å². The third kappa shape index (κ3) is 6.80. The molecular formula is C27H27BrN2O3. The van der Waals surface area contributed by atoms with Gasteiger partial charge in [0.2, 0.25) is 5.91 Å². The van der Waals surface area contributed by atoms with Crippen molar-refractivity contribution in [1.29, 1.82) is 0 Å². The van der Waals surface area contributed by atoms with Gasteiger partial charge in [-0.2, -0.15) is 0 Å². The van der Waals surface area contributed by atoms with E-state index in [0.29, 0.717) is 22.7 Å². The first-order chi connectivity index (χ1) is 15.7. The minimum atomic E-state index is -0.271. The maximum atomic E-state index is 12.5. The molecule has 0 unspecified atom stereocenters. The molecular weight excluding hydrogens is 480 g/mol. The maximum absolute atomic E-state index is 12.5. The maximum Gasteiger partial charge on any atom is 0.255 e. The van der Waals surface area contributed by atoms with Gasteiger partial charge >= 0.3 is 0 Å². The molecule has 33 heavy (non-hydrogen) atoms. The van der Waals surface area contributed by atoms with E-state index in [0.717, 1.165) is 10.0 Å². The second kappa shape index (κ2) is 10.5. The quantitative estimate of drug-likeness (QED) is 0.367. The van der Waals surface area contributed by atoms with Crippen LogP contribution in [0.2, 0.25) is 0 Å². The zero-order valence-electron chi connectivity index (χ0n) is 19.1. The van der Waals surface area contributed by atoms with Crippen molar-refractivity contribution in [3.8, 4) is 5.75 Å². The predicted molar refractivity (Wildman–Crippen MR) is 138 cm³/mol. The summed E-state index contributed by atoms with van der Waals surface area (Å²) in [6.45, 7) is 6.40. The number of nitrogens with one attached hydrogen (secondary N) is 2. The summed E-state index contributed by atoms with van der Waals surface area (Å²) in [7, 11) is 1.59. The van der Waals surface area contributed by atoms with Crippen LogP contribution in [-0.2, 0) is 10.2 Å². The Bertz CT molecular complexity index is 1160. The molecule has 5 nitrogen and oxygen atoms in total. The topological polar surface area (TPSA) is 67.4 Å². The molecule has 0 saturated heterocycles. The first kappa shape index (κ1) is 24.3. The fourth-order valence-electron chi connectivity index (χ4n) is 3.15. The minimum Gasteiger partial charge on any atom is -0.496 e. The van der Waals surface area contributed by atoms with Crippen LogP contribution in [0.5, 0.6) is 5.75 Å². The Morgan fingerprint density at radius 3 is 2.06 bits per heavy atom. The van der Waals surface area contributed by atoms with Crippen molar-refractivity contribution in [3.05, 3.63) is 94.0 Å². The van der Waals surface area contributed by atoms with Crippen LogP contribution in [-0.4, -0.2) is 18.9 Å². The SMILES string of the molecule is COc1ccc(Br)cc1C=CC(=O)Nc1ccc(NC(=O)c2ccc(C(C)(C)C)cc2)cc1. The molecule has 3 aromatic carbocycles. The van der Waals surface area contributed by atoms with Crippen molar-refractivity contribution >= 4 is 45.2 Å². The summed E-state index contributed by atoms with van der Waals surface area (Å²) in [6.07, 6.45) is 3.14. The Morgan fingerprint density at radius 2 is 1.48 bits per heavy atom. The molecule has 0 aliphatic rings. The Morgan fingerprint density at radius 1 is 0.879 bits per heavy atom. The number of hydrogen-bond donors (Lipinski definition) is 2. The molecule has 0 aliphatic carbocycles. The van der Waals surface area contributed by atoms with Crippen LogP contribution in [0.25, 0.3) is 6.08 Å². The van der Waals surface area contributed by atoms with Gasteiger partial charge in [-0.15, -0.1) is 0 Å². The zero-order valence-corrected chi connectivity index (χ0v) is 20.7. The lowest BCUT2D eigenvalue weighted by Gasteiger charge is -2.19. The Balaban J connectivity index is 1.59. The van der Waals surface area contributed by atoms with Crippen LogP contribution < -0.4 is 15.4 Å².